The monoisotopic (exact) mass is 404 g/mol. The lowest BCUT2D eigenvalue weighted by atomic mass is 9.91. The maximum Gasteiger partial charge on any atom is 0.387 e. The Morgan fingerprint density at radius 1 is 1.33 bits per heavy atom. The van der Waals surface area contributed by atoms with Gasteiger partial charge >= 0.3 is 6.61 Å². The first-order valence-corrected chi connectivity index (χ1v) is 8.81. The SMILES string of the molecule is CN(Cc1cc2c(cc1OC(F)F)OCO2)C(=O)C1CC12CCNCC2.Cl. The summed E-state index contributed by atoms with van der Waals surface area (Å²) >= 11 is 0. The number of nitrogens with zero attached hydrogens (tertiary/aromatic N) is 1. The van der Waals surface area contributed by atoms with Crippen LogP contribution in [0.5, 0.6) is 17.2 Å². The molecule has 3 aliphatic rings. The number of hydrogen-bond acceptors (Lipinski definition) is 5. The summed E-state index contributed by atoms with van der Waals surface area (Å²) in [6, 6.07) is 3.00. The topological polar surface area (TPSA) is 60.0 Å². The second kappa shape index (κ2) is 7.67. The summed E-state index contributed by atoms with van der Waals surface area (Å²) in [5, 5.41) is 3.32. The molecule has 150 valence electrons. The molecule has 1 saturated heterocycles. The van der Waals surface area contributed by atoms with E-state index in [-0.39, 0.29) is 48.7 Å². The molecule has 1 atom stereocenters. The first kappa shape index (κ1) is 19.9. The molecule has 0 radical (unpaired) electrons. The van der Waals surface area contributed by atoms with Crippen molar-refractivity contribution in [1.29, 1.82) is 0 Å². The maximum atomic E-state index is 12.8. The number of carbonyl (C=O) groups is 1. The molecule has 0 aromatic heterocycles. The van der Waals surface area contributed by atoms with Crippen molar-refractivity contribution in [2.75, 3.05) is 26.9 Å². The highest BCUT2D eigenvalue weighted by Gasteiger charge is 2.58. The molecule has 1 N–H and O–H groups in total. The molecule has 1 aliphatic carbocycles. The van der Waals surface area contributed by atoms with E-state index in [1.807, 2.05) is 0 Å². The number of carbonyl (C=O) groups excluding carboxylic acids is 1. The molecule has 4 rings (SSSR count). The lowest BCUT2D eigenvalue weighted by molar-refractivity contribution is -0.132. The molecule has 9 heteroatoms. The summed E-state index contributed by atoms with van der Waals surface area (Å²) in [5.74, 6) is 0.949. The van der Waals surface area contributed by atoms with Gasteiger partial charge in [-0.2, -0.15) is 8.78 Å². The van der Waals surface area contributed by atoms with Gasteiger partial charge in [0.1, 0.15) is 5.75 Å². The van der Waals surface area contributed by atoms with Crippen molar-refractivity contribution in [3.63, 3.8) is 0 Å². The van der Waals surface area contributed by atoms with Crippen LogP contribution in [0.25, 0.3) is 0 Å². The highest BCUT2D eigenvalue weighted by Crippen LogP contribution is 2.59. The molecule has 2 heterocycles. The molecular formula is C18H23ClF2N2O4. The second-order valence-electron chi connectivity index (χ2n) is 7.26. The maximum absolute atomic E-state index is 12.8. The van der Waals surface area contributed by atoms with Crippen LogP contribution in [0.3, 0.4) is 0 Å². The first-order valence-electron chi connectivity index (χ1n) is 8.81. The van der Waals surface area contributed by atoms with Crippen LogP contribution in [-0.4, -0.2) is 44.3 Å². The lowest BCUT2D eigenvalue weighted by Gasteiger charge is -2.25. The molecule has 0 bridgehead atoms. The van der Waals surface area contributed by atoms with Gasteiger partial charge in [-0.3, -0.25) is 4.79 Å². The Kier molecular flexibility index (Phi) is 5.67. The van der Waals surface area contributed by atoms with Gasteiger partial charge < -0.3 is 24.4 Å². The van der Waals surface area contributed by atoms with Gasteiger partial charge in [-0.05, 0) is 43.8 Å². The minimum atomic E-state index is -2.95. The highest BCUT2D eigenvalue weighted by molar-refractivity contribution is 5.85. The number of piperidine rings is 1. The van der Waals surface area contributed by atoms with Gasteiger partial charge in [0, 0.05) is 31.1 Å². The third-order valence-electron chi connectivity index (χ3n) is 5.64. The lowest BCUT2D eigenvalue weighted by Crippen LogP contribution is -2.34. The van der Waals surface area contributed by atoms with Crippen LogP contribution < -0.4 is 19.5 Å². The van der Waals surface area contributed by atoms with Crippen LogP contribution >= 0.6 is 12.4 Å². The summed E-state index contributed by atoms with van der Waals surface area (Å²) in [6.45, 7) is -0.830. The van der Waals surface area contributed by atoms with Gasteiger partial charge in [0.25, 0.3) is 0 Å². The molecule has 2 aliphatic heterocycles. The van der Waals surface area contributed by atoms with Gasteiger partial charge in [-0.25, -0.2) is 0 Å². The Labute approximate surface area is 162 Å². The molecule has 1 aromatic carbocycles. The zero-order valence-electron chi connectivity index (χ0n) is 15.0. The third-order valence-corrected chi connectivity index (χ3v) is 5.64. The van der Waals surface area contributed by atoms with E-state index in [0.717, 1.165) is 32.4 Å². The third kappa shape index (κ3) is 3.91. The zero-order chi connectivity index (χ0) is 18.3. The molecule has 27 heavy (non-hydrogen) atoms. The van der Waals surface area contributed by atoms with Crippen molar-refractivity contribution in [2.24, 2.45) is 11.3 Å². The average molecular weight is 405 g/mol. The van der Waals surface area contributed by atoms with E-state index in [1.54, 1.807) is 18.0 Å². The number of rotatable bonds is 5. The minimum Gasteiger partial charge on any atom is -0.454 e. The minimum absolute atomic E-state index is 0. The Morgan fingerprint density at radius 2 is 2.00 bits per heavy atom. The zero-order valence-corrected chi connectivity index (χ0v) is 15.8. The van der Waals surface area contributed by atoms with Gasteiger partial charge in [0.05, 0.1) is 0 Å². The smallest absolute Gasteiger partial charge is 0.387 e. The van der Waals surface area contributed by atoms with E-state index in [9.17, 15) is 13.6 Å². The fourth-order valence-corrected chi connectivity index (χ4v) is 4.07. The fourth-order valence-electron chi connectivity index (χ4n) is 4.07. The number of hydrogen-bond donors (Lipinski definition) is 1. The van der Waals surface area contributed by atoms with Crippen molar-refractivity contribution in [2.45, 2.75) is 32.4 Å². The van der Waals surface area contributed by atoms with Crippen LogP contribution in [0.4, 0.5) is 8.78 Å². The van der Waals surface area contributed by atoms with Gasteiger partial charge in [0.2, 0.25) is 12.7 Å². The number of amides is 1. The van der Waals surface area contributed by atoms with E-state index >= 15 is 0 Å². The number of halogens is 3. The van der Waals surface area contributed by atoms with Crippen molar-refractivity contribution in [1.82, 2.24) is 10.2 Å². The largest absolute Gasteiger partial charge is 0.454 e. The Hall–Kier alpha value is -1.80. The average Bonchev–Trinajstić information content (AvgIpc) is 3.09. The predicted molar refractivity (Wildman–Crippen MR) is 95.6 cm³/mol. The molecule has 1 amide bonds. The van der Waals surface area contributed by atoms with E-state index in [4.69, 9.17) is 9.47 Å². The Balaban J connectivity index is 0.00000210. The van der Waals surface area contributed by atoms with Gasteiger partial charge in [0.15, 0.2) is 11.5 Å². The van der Waals surface area contributed by atoms with E-state index < -0.39 is 6.61 Å². The van der Waals surface area contributed by atoms with E-state index in [2.05, 4.69) is 10.1 Å². The standard InChI is InChI=1S/C18H22F2N2O4.ClH/c1-22(16(23)12-8-18(12)2-4-21-5-3-18)9-11-6-14-15(25-10-24-14)7-13(11)26-17(19)20;/h6-7,12,17,21H,2-5,8-10H2,1H3;1H. The second-order valence-corrected chi connectivity index (χ2v) is 7.26. The predicted octanol–water partition coefficient (Wildman–Crippen LogP) is 2.79. The molecule has 1 saturated carbocycles. The van der Waals surface area contributed by atoms with E-state index in [0.29, 0.717) is 17.1 Å². The van der Waals surface area contributed by atoms with Crippen molar-refractivity contribution < 1.29 is 27.8 Å². The van der Waals surface area contributed by atoms with Gasteiger partial charge in [-0.15, -0.1) is 12.4 Å². The van der Waals surface area contributed by atoms with Crippen LogP contribution in [0.2, 0.25) is 0 Å². The normalized spacial score (nSPS) is 21.7. The van der Waals surface area contributed by atoms with Crippen molar-refractivity contribution in [3.05, 3.63) is 17.7 Å². The molecule has 2 fully saturated rings. The molecule has 1 spiro atoms. The summed E-state index contributed by atoms with van der Waals surface area (Å²) < 4.78 is 40.6. The number of fused-ring (bicyclic) bond motifs is 1. The van der Waals surface area contributed by atoms with Crippen LogP contribution in [0.15, 0.2) is 12.1 Å². The van der Waals surface area contributed by atoms with Crippen LogP contribution in [0.1, 0.15) is 24.8 Å². The highest BCUT2D eigenvalue weighted by atomic mass is 35.5. The molecule has 1 unspecified atom stereocenters. The van der Waals surface area contributed by atoms with Crippen molar-refractivity contribution >= 4 is 18.3 Å². The number of ether oxygens (including phenoxy) is 3. The molecular weight excluding hydrogens is 382 g/mol. The summed E-state index contributed by atoms with van der Waals surface area (Å²) in [5.41, 5.74) is 0.610. The Morgan fingerprint density at radius 3 is 2.67 bits per heavy atom. The summed E-state index contributed by atoms with van der Waals surface area (Å²) in [6.07, 6.45) is 2.95. The van der Waals surface area contributed by atoms with Crippen molar-refractivity contribution in [3.8, 4) is 17.2 Å². The number of nitrogens with one attached hydrogen (secondary N) is 1. The molecule has 6 nitrogen and oxygen atoms in total. The van der Waals surface area contributed by atoms with E-state index in [1.165, 1.54) is 6.07 Å². The Bertz CT molecular complexity index is 713. The summed E-state index contributed by atoms with van der Waals surface area (Å²) in [7, 11) is 1.70. The summed E-state index contributed by atoms with van der Waals surface area (Å²) in [4.78, 5) is 14.4. The molecule has 1 aromatic rings. The van der Waals surface area contributed by atoms with Crippen LogP contribution in [-0.2, 0) is 11.3 Å². The fraction of sp³-hybridized carbons (Fsp3) is 0.611. The first-order chi connectivity index (χ1) is 12.5. The van der Waals surface area contributed by atoms with Crippen LogP contribution in [0, 0.1) is 11.3 Å². The number of alkyl halides is 2. The van der Waals surface area contributed by atoms with Gasteiger partial charge in [-0.1, -0.05) is 0 Å². The quantitative estimate of drug-likeness (QED) is 0.817. The number of benzene rings is 1.